The van der Waals surface area contributed by atoms with E-state index in [4.69, 9.17) is 15.1 Å². The SMILES string of the molecule is C=C(c1nc2nc(-n3ccc(-c4c[c-]ccc4)n3)cc(N3CCCCC3)c2[nH]1)N1CCC(C(C)(C)C)CC1.[Na+]. The van der Waals surface area contributed by atoms with Crippen LogP contribution in [0.2, 0.25) is 0 Å². The largest absolute Gasteiger partial charge is 1.00 e. The summed E-state index contributed by atoms with van der Waals surface area (Å²) in [5.41, 5.74) is 6.10. The Morgan fingerprint density at radius 2 is 1.82 bits per heavy atom. The predicted octanol–water partition coefficient (Wildman–Crippen LogP) is 3.33. The van der Waals surface area contributed by atoms with Gasteiger partial charge in [-0.1, -0.05) is 27.4 Å². The fourth-order valence-electron chi connectivity index (χ4n) is 5.92. The number of hydrogen-bond donors (Lipinski definition) is 1. The molecule has 0 amide bonds. The van der Waals surface area contributed by atoms with E-state index < -0.39 is 0 Å². The minimum Gasteiger partial charge on any atom is -0.370 e. The van der Waals surface area contributed by atoms with E-state index in [-0.39, 0.29) is 29.6 Å². The molecule has 7 nitrogen and oxygen atoms in total. The molecule has 2 saturated heterocycles. The summed E-state index contributed by atoms with van der Waals surface area (Å²) in [5, 5.41) is 4.84. The van der Waals surface area contributed by atoms with E-state index in [9.17, 15) is 0 Å². The van der Waals surface area contributed by atoms with Crippen LogP contribution in [0.1, 0.15) is 58.7 Å². The molecule has 1 N–H and O–H groups in total. The monoisotopic (exact) mass is 531 g/mol. The molecule has 1 aromatic carbocycles. The molecule has 2 aliphatic heterocycles. The van der Waals surface area contributed by atoms with Gasteiger partial charge in [0.25, 0.3) is 0 Å². The average Bonchev–Trinajstić information content (AvgIpc) is 3.61. The van der Waals surface area contributed by atoms with Gasteiger partial charge in [-0.3, -0.25) is 0 Å². The number of fused-ring (bicyclic) bond motifs is 1. The third-order valence-electron chi connectivity index (χ3n) is 8.33. The van der Waals surface area contributed by atoms with Crippen LogP contribution in [0.4, 0.5) is 5.69 Å². The van der Waals surface area contributed by atoms with E-state index in [1.165, 1.54) is 32.1 Å². The summed E-state index contributed by atoms with van der Waals surface area (Å²) in [7, 11) is 0. The second-order valence-electron chi connectivity index (χ2n) is 11.8. The topological polar surface area (TPSA) is 65.9 Å². The summed E-state index contributed by atoms with van der Waals surface area (Å²) in [4.78, 5) is 18.4. The number of imidazole rings is 1. The summed E-state index contributed by atoms with van der Waals surface area (Å²) in [6, 6.07) is 15.2. The molecule has 0 unspecified atom stereocenters. The number of nitrogens with zero attached hydrogens (tertiary/aromatic N) is 6. The fourth-order valence-corrected chi connectivity index (χ4v) is 5.92. The third-order valence-corrected chi connectivity index (χ3v) is 8.33. The number of piperidine rings is 2. The minimum absolute atomic E-state index is 0. The normalized spacial score (nSPS) is 16.9. The van der Waals surface area contributed by atoms with Crippen LogP contribution in [0.5, 0.6) is 0 Å². The number of rotatable bonds is 5. The summed E-state index contributed by atoms with van der Waals surface area (Å²) in [6.07, 6.45) is 8.03. The second kappa shape index (κ2) is 11.5. The molecule has 2 aliphatic rings. The van der Waals surface area contributed by atoms with Crippen LogP contribution >= 0.6 is 0 Å². The molecule has 2 fully saturated rings. The zero-order valence-corrected chi connectivity index (χ0v) is 25.9. The Morgan fingerprint density at radius 1 is 1.05 bits per heavy atom. The van der Waals surface area contributed by atoms with Crippen molar-refractivity contribution in [3.05, 3.63) is 61.1 Å². The number of pyridine rings is 1. The Kier molecular flexibility index (Phi) is 8.22. The first-order chi connectivity index (χ1) is 18.4. The van der Waals surface area contributed by atoms with Gasteiger partial charge in [0, 0.05) is 44.1 Å². The molecule has 198 valence electrons. The smallest absolute Gasteiger partial charge is 0.370 e. The maximum Gasteiger partial charge on any atom is 1.00 e. The Bertz CT molecular complexity index is 1420. The van der Waals surface area contributed by atoms with Gasteiger partial charge in [-0.05, 0) is 49.5 Å². The van der Waals surface area contributed by atoms with Gasteiger partial charge in [0.05, 0.1) is 11.4 Å². The van der Waals surface area contributed by atoms with E-state index in [0.717, 1.165) is 71.9 Å². The van der Waals surface area contributed by atoms with Crippen molar-refractivity contribution in [3.63, 3.8) is 0 Å². The van der Waals surface area contributed by atoms with Crippen LogP contribution in [0, 0.1) is 17.4 Å². The summed E-state index contributed by atoms with van der Waals surface area (Å²) >= 11 is 0. The van der Waals surface area contributed by atoms with Crippen molar-refractivity contribution in [1.82, 2.24) is 29.6 Å². The van der Waals surface area contributed by atoms with Crippen LogP contribution < -0.4 is 34.5 Å². The number of benzene rings is 1. The molecule has 8 heteroatoms. The zero-order chi connectivity index (χ0) is 26.3. The third kappa shape index (κ3) is 5.81. The van der Waals surface area contributed by atoms with Gasteiger partial charge in [-0.2, -0.15) is 35.4 Å². The van der Waals surface area contributed by atoms with Crippen LogP contribution in [0.15, 0.2) is 49.2 Å². The first kappa shape index (κ1) is 27.9. The van der Waals surface area contributed by atoms with Crippen molar-refractivity contribution in [3.8, 4) is 17.1 Å². The quantitative estimate of drug-likeness (QED) is 0.316. The average molecular weight is 532 g/mol. The number of hydrogen-bond acceptors (Lipinski definition) is 5. The molecule has 6 rings (SSSR count). The van der Waals surface area contributed by atoms with Crippen molar-refractivity contribution in [2.75, 3.05) is 31.1 Å². The van der Waals surface area contributed by atoms with Crippen molar-refractivity contribution in [2.24, 2.45) is 11.3 Å². The fraction of sp³-hybridized carbons (Fsp3) is 0.452. The van der Waals surface area contributed by atoms with E-state index in [1.54, 1.807) is 0 Å². The van der Waals surface area contributed by atoms with Gasteiger partial charge < -0.3 is 14.8 Å². The zero-order valence-electron chi connectivity index (χ0n) is 23.9. The second-order valence-corrected chi connectivity index (χ2v) is 11.8. The van der Waals surface area contributed by atoms with Crippen molar-refractivity contribution < 1.29 is 29.6 Å². The van der Waals surface area contributed by atoms with Crippen LogP contribution in [-0.2, 0) is 0 Å². The molecule has 39 heavy (non-hydrogen) atoms. The minimum atomic E-state index is 0. The molecule has 0 spiro atoms. The molecule has 0 aliphatic carbocycles. The van der Waals surface area contributed by atoms with E-state index in [0.29, 0.717) is 11.1 Å². The Balaban J connectivity index is 0.00000308. The maximum absolute atomic E-state index is 4.98. The molecule has 5 heterocycles. The van der Waals surface area contributed by atoms with Crippen molar-refractivity contribution in [2.45, 2.75) is 52.9 Å². The van der Waals surface area contributed by atoms with E-state index >= 15 is 0 Å². The first-order valence-electron chi connectivity index (χ1n) is 14.0. The molecular weight excluding hydrogens is 493 g/mol. The Labute approximate surface area is 254 Å². The molecular formula is C31H38N7Na. The van der Waals surface area contributed by atoms with Gasteiger partial charge in [-0.15, -0.1) is 5.56 Å². The standard InChI is InChI=1S/C31H38N7.Na/c1-22(36-18-13-24(14-19-36)31(2,3)4)29-33-28-26(37-16-9-6-10-17-37)21-27(32-30(28)34-29)38-20-15-25(35-38)23-11-7-5-8-12-23;/h5,7,11-12,15,20-21,24H,1,6,9-10,13-14,16-19H2,2-4H3,(H,32,33,34);/q-1;+1. The van der Waals surface area contributed by atoms with Crippen molar-refractivity contribution >= 4 is 22.5 Å². The van der Waals surface area contributed by atoms with Gasteiger partial charge in [0.1, 0.15) is 5.52 Å². The summed E-state index contributed by atoms with van der Waals surface area (Å²) < 4.78 is 1.86. The van der Waals surface area contributed by atoms with Crippen LogP contribution in [-0.4, -0.2) is 55.8 Å². The predicted molar refractivity (Wildman–Crippen MR) is 154 cm³/mol. The van der Waals surface area contributed by atoms with Crippen molar-refractivity contribution in [1.29, 1.82) is 0 Å². The number of nitrogens with one attached hydrogen (secondary N) is 1. The molecule has 0 bridgehead atoms. The number of likely N-dealkylation sites (tertiary alicyclic amines) is 1. The number of H-pyrrole nitrogens is 1. The Morgan fingerprint density at radius 3 is 2.51 bits per heavy atom. The van der Waals surface area contributed by atoms with Crippen LogP contribution in [0.3, 0.4) is 0 Å². The van der Waals surface area contributed by atoms with E-state index in [1.807, 2.05) is 35.1 Å². The number of anilines is 1. The van der Waals surface area contributed by atoms with Gasteiger partial charge in [-0.25, -0.2) is 14.6 Å². The van der Waals surface area contributed by atoms with Crippen LogP contribution in [0.25, 0.3) is 33.9 Å². The van der Waals surface area contributed by atoms with Gasteiger partial charge >= 0.3 is 29.6 Å². The molecule has 0 radical (unpaired) electrons. The Hall–Kier alpha value is -2.61. The molecule has 0 atom stereocenters. The summed E-state index contributed by atoms with van der Waals surface area (Å²) in [6.45, 7) is 15.6. The number of aromatic nitrogens is 5. The first-order valence-corrected chi connectivity index (χ1v) is 14.0. The van der Waals surface area contributed by atoms with E-state index in [2.05, 4.69) is 60.3 Å². The van der Waals surface area contributed by atoms with Gasteiger partial charge in [0.2, 0.25) is 0 Å². The maximum atomic E-state index is 4.98. The molecule has 3 aromatic heterocycles. The number of aromatic amines is 1. The summed E-state index contributed by atoms with van der Waals surface area (Å²) in [5.74, 6) is 2.34. The molecule has 0 saturated carbocycles. The molecule has 4 aromatic rings. The van der Waals surface area contributed by atoms with Gasteiger partial charge in [0.15, 0.2) is 17.3 Å².